The molecule has 0 radical (unpaired) electrons. The normalized spacial score (nSPS) is 24.6. The van der Waals surface area contributed by atoms with Crippen LogP contribution >= 0.6 is 0 Å². The summed E-state index contributed by atoms with van der Waals surface area (Å²) < 4.78 is 5.36. The standard InChI is InChI=1S/C15H31N3O/c1-5-8-15(3)9-7-11-18(13-15)14(16-4)17-10-12-19-6-2/h5-13H2,1-4H3,(H,16,17). The first-order valence-corrected chi connectivity index (χ1v) is 7.68. The molecule has 0 amide bonds. The summed E-state index contributed by atoms with van der Waals surface area (Å²) in [5.74, 6) is 1.03. The van der Waals surface area contributed by atoms with Crippen molar-refractivity contribution < 1.29 is 4.74 Å². The molecule has 1 atom stereocenters. The summed E-state index contributed by atoms with van der Waals surface area (Å²) in [6.45, 7) is 11.3. The minimum atomic E-state index is 0.449. The molecule has 1 aliphatic rings. The Hall–Kier alpha value is -0.770. The number of rotatable bonds is 6. The van der Waals surface area contributed by atoms with Crippen LogP contribution in [-0.4, -0.2) is 50.8 Å². The fraction of sp³-hybridized carbons (Fsp3) is 0.933. The molecule has 0 spiro atoms. The van der Waals surface area contributed by atoms with Gasteiger partial charge in [0.2, 0.25) is 0 Å². The molecule has 0 bridgehead atoms. The Labute approximate surface area is 118 Å². The third-order valence-corrected chi connectivity index (χ3v) is 3.88. The van der Waals surface area contributed by atoms with Crippen LogP contribution in [0, 0.1) is 5.41 Å². The summed E-state index contributed by atoms with van der Waals surface area (Å²) in [5.41, 5.74) is 0.449. The van der Waals surface area contributed by atoms with Gasteiger partial charge in [-0.3, -0.25) is 4.99 Å². The summed E-state index contributed by atoms with van der Waals surface area (Å²) in [4.78, 5) is 6.82. The van der Waals surface area contributed by atoms with Crippen molar-refractivity contribution in [3.8, 4) is 0 Å². The van der Waals surface area contributed by atoms with Gasteiger partial charge in [0.1, 0.15) is 0 Å². The average molecular weight is 269 g/mol. The van der Waals surface area contributed by atoms with Gasteiger partial charge in [0.25, 0.3) is 0 Å². The van der Waals surface area contributed by atoms with Crippen LogP contribution in [0.15, 0.2) is 4.99 Å². The van der Waals surface area contributed by atoms with Crippen LogP contribution in [0.4, 0.5) is 0 Å². The zero-order valence-electron chi connectivity index (χ0n) is 13.2. The van der Waals surface area contributed by atoms with Gasteiger partial charge < -0.3 is 15.0 Å². The summed E-state index contributed by atoms with van der Waals surface area (Å²) in [5, 5.41) is 3.40. The van der Waals surface area contributed by atoms with E-state index in [0.717, 1.165) is 38.8 Å². The minimum Gasteiger partial charge on any atom is -0.380 e. The third-order valence-electron chi connectivity index (χ3n) is 3.88. The lowest BCUT2D eigenvalue weighted by Crippen LogP contribution is -2.50. The summed E-state index contributed by atoms with van der Waals surface area (Å²) in [6.07, 6.45) is 5.18. The number of piperidine rings is 1. The molecule has 0 aromatic rings. The molecule has 1 fully saturated rings. The quantitative estimate of drug-likeness (QED) is 0.457. The van der Waals surface area contributed by atoms with Crippen molar-refractivity contribution in [2.24, 2.45) is 10.4 Å². The number of guanidine groups is 1. The lowest BCUT2D eigenvalue weighted by Gasteiger charge is -2.42. The molecule has 4 heteroatoms. The largest absolute Gasteiger partial charge is 0.380 e. The van der Waals surface area contributed by atoms with Gasteiger partial charge >= 0.3 is 0 Å². The van der Waals surface area contributed by atoms with Gasteiger partial charge in [-0.15, -0.1) is 0 Å². The maximum absolute atomic E-state index is 5.36. The van der Waals surface area contributed by atoms with Crippen molar-refractivity contribution in [3.05, 3.63) is 0 Å². The monoisotopic (exact) mass is 269 g/mol. The van der Waals surface area contributed by atoms with Crippen LogP contribution < -0.4 is 5.32 Å². The summed E-state index contributed by atoms with van der Waals surface area (Å²) >= 11 is 0. The maximum atomic E-state index is 5.36. The first-order chi connectivity index (χ1) is 9.15. The van der Waals surface area contributed by atoms with E-state index >= 15 is 0 Å². The molecule has 0 aromatic heterocycles. The first kappa shape index (κ1) is 16.3. The van der Waals surface area contributed by atoms with E-state index < -0.39 is 0 Å². The zero-order valence-corrected chi connectivity index (χ0v) is 13.2. The van der Waals surface area contributed by atoms with E-state index in [4.69, 9.17) is 4.74 Å². The van der Waals surface area contributed by atoms with Crippen LogP contribution in [0.2, 0.25) is 0 Å². The molecular formula is C15H31N3O. The Morgan fingerprint density at radius 2 is 2.21 bits per heavy atom. The lowest BCUT2D eigenvalue weighted by molar-refractivity contribution is 0.137. The Bertz CT molecular complexity index is 277. The number of hydrogen-bond donors (Lipinski definition) is 1. The van der Waals surface area contributed by atoms with E-state index in [-0.39, 0.29) is 0 Å². The molecular weight excluding hydrogens is 238 g/mol. The highest BCUT2D eigenvalue weighted by atomic mass is 16.5. The lowest BCUT2D eigenvalue weighted by atomic mass is 9.78. The van der Waals surface area contributed by atoms with Gasteiger partial charge in [-0.25, -0.2) is 0 Å². The average Bonchev–Trinajstić information content (AvgIpc) is 2.39. The molecule has 0 aliphatic carbocycles. The Morgan fingerprint density at radius 3 is 2.84 bits per heavy atom. The van der Waals surface area contributed by atoms with Gasteiger partial charge in [0.15, 0.2) is 5.96 Å². The second-order valence-electron chi connectivity index (χ2n) is 5.76. The van der Waals surface area contributed by atoms with E-state index in [1.807, 2.05) is 14.0 Å². The van der Waals surface area contributed by atoms with Crippen LogP contribution in [-0.2, 0) is 4.74 Å². The fourth-order valence-electron chi connectivity index (χ4n) is 3.02. The summed E-state index contributed by atoms with van der Waals surface area (Å²) in [6, 6.07) is 0. The van der Waals surface area contributed by atoms with Crippen LogP contribution in [0.25, 0.3) is 0 Å². The topological polar surface area (TPSA) is 36.9 Å². The van der Waals surface area contributed by atoms with E-state index in [0.29, 0.717) is 5.41 Å². The van der Waals surface area contributed by atoms with E-state index in [2.05, 4.69) is 29.1 Å². The molecule has 1 saturated heterocycles. The molecule has 1 N–H and O–H groups in total. The Kier molecular flexibility index (Phi) is 7.21. The molecule has 1 unspecified atom stereocenters. The van der Waals surface area contributed by atoms with E-state index in [1.165, 1.54) is 25.7 Å². The number of ether oxygens (including phenoxy) is 1. The number of hydrogen-bond acceptors (Lipinski definition) is 2. The molecule has 1 heterocycles. The van der Waals surface area contributed by atoms with Gasteiger partial charge in [0, 0.05) is 33.3 Å². The van der Waals surface area contributed by atoms with Crippen LogP contribution in [0.3, 0.4) is 0 Å². The molecule has 0 saturated carbocycles. The highest BCUT2D eigenvalue weighted by Gasteiger charge is 2.31. The maximum Gasteiger partial charge on any atom is 0.193 e. The van der Waals surface area contributed by atoms with Gasteiger partial charge in [-0.2, -0.15) is 0 Å². The van der Waals surface area contributed by atoms with Gasteiger partial charge in [-0.1, -0.05) is 20.3 Å². The molecule has 0 aromatic carbocycles. The minimum absolute atomic E-state index is 0.449. The highest BCUT2D eigenvalue weighted by Crippen LogP contribution is 2.33. The predicted molar refractivity (Wildman–Crippen MR) is 81.7 cm³/mol. The highest BCUT2D eigenvalue weighted by molar-refractivity contribution is 5.80. The van der Waals surface area contributed by atoms with Crippen molar-refractivity contribution >= 4 is 5.96 Å². The van der Waals surface area contributed by atoms with Crippen LogP contribution in [0.1, 0.15) is 46.5 Å². The fourth-order valence-corrected chi connectivity index (χ4v) is 3.02. The molecule has 112 valence electrons. The first-order valence-electron chi connectivity index (χ1n) is 7.68. The number of aliphatic imine (C=N–C) groups is 1. The molecule has 4 nitrogen and oxygen atoms in total. The van der Waals surface area contributed by atoms with E-state index in [9.17, 15) is 0 Å². The van der Waals surface area contributed by atoms with Crippen molar-refractivity contribution in [3.63, 3.8) is 0 Å². The van der Waals surface area contributed by atoms with Crippen molar-refractivity contribution in [1.29, 1.82) is 0 Å². The van der Waals surface area contributed by atoms with Crippen molar-refractivity contribution in [2.45, 2.75) is 46.5 Å². The second kappa shape index (κ2) is 8.41. The van der Waals surface area contributed by atoms with Gasteiger partial charge in [0.05, 0.1) is 6.61 Å². The van der Waals surface area contributed by atoms with E-state index in [1.54, 1.807) is 0 Å². The molecule has 1 rings (SSSR count). The third kappa shape index (κ3) is 5.39. The van der Waals surface area contributed by atoms with Gasteiger partial charge in [-0.05, 0) is 31.6 Å². The molecule has 1 aliphatic heterocycles. The SMILES string of the molecule is CCCC1(C)CCCN(C(=NC)NCCOCC)C1. The smallest absolute Gasteiger partial charge is 0.193 e. The second-order valence-corrected chi connectivity index (χ2v) is 5.76. The number of likely N-dealkylation sites (tertiary alicyclic amines) is 1. The Morgan fingerprint density at radius 1 is 1.42 bits per heavy atom. The van der Waals surface area contributed by atoms with Crippen molar-refractivity contribution in [1.82, 2.24) is 10.2 Å². The number of nitrogens with one attached hydrogen (secondary N) is 1. The predicted octanol–water partition coefficient (Wildman–Crippen LogP) is 2.50. The summed E-state index contributed by atoms with van der Waals surface area (Å²) in [7, 11) is 1.87. The molecule has 19 heavy (non-hydrogen) atoms. The zero-order chi connectivity index (χ0) is 14.1. The van der Waals surface area contributed by atoms with Crippen LogP contribution in [0.5, 0.6) is 0 Å². The number of nitrogens with zero attached hydrogens (tertiary/aromatic N) is 2. The van der Waals surface area contributed by atoms with Crippen molar-refractivity contribution in [2.75, 3.05) is 39.9 Å². The Balaban J connectivity index is 2.47.